The summed E-state index contributed by atoms with van der Waals surface area (Å²) in [5, 5.41) is 10.7. The number of aromatic nitrogens is 3. The van der Waals surface area contributed by atoms with Crippen LogP contribution in [0.15, 0.2) is 15.0 Å². The molecule has 0 radical (unpaired) electrons. The van der Waals surface area contributed by atoms with E-state index in [0.29, 0.717) is 30.8 Å². The lowest BCUT2D eigenvalue weighted by molar-refractivity contribution is 0.443. The predicted octanol–water partition coefficient (Wildman–Crippen LogP) is 1.04. The van der Waals surface area contributed by atoms with E-state index < -0.39 is 0 Å². The first-order chi connectivity index (χ1) is 8.19. The molecule has 2 aromatic rings. The second-order valence-corrected chi connectivity index (χ2v) is 3.71. The lowest BCUT2D eigenvalue weighted by Gasteiger charge is -2.06. The van der Waals surface area contributed by atoms with Gasteiger partial charge in [-0.25, -0.2) is 4.98 Å². The molecule has 7 heteroatoms. The van der Waals surface area contributed by atoms with Gasteiger partial charge in [-0.05, 0) is 13.8 Å². The van der Waals surface area contributed by atoms with Crippen LogP contribution < -0.4 is 11.1 Å². The largest absolute Gasteiger partial charge is 0.444 e. The molecule has 2 heterocycles. The zero-order valence-electron chi connectivity index (χ0n) is 9.80. The summed E-state index contributed by atoms with van der Waals surface area (Å²) < 4.78 is 10.7. The van der Waals surface area contributed by atoms with E-state index in [1.165, 1.54) is 0 Å². The summed E-state index contributed by atoms with van der Waals surface area (Å²) in [4.78, 5) is 4.12. The highest BCUT2D eigenvalue weighted by Gasteiger charge is 2.14. The zero-order chi connectivity index (χ0) is 12.3. The number of nitrogens with zero attached hydrogens (tertiary/aromatic N) is 3. The number of hydrogen-bond donors (Lipinski definition) is 2. The van der Waals surface area contributed by atoms with E-state index in [-0.39, 0.29) is 6.04 Å². The minimum absolute atomic E-state index is 0.130. The average molecular weight is 237 g/mol. The Morgan fingerprint density at radius 1 is 1.41 bits per heavy atom. The number of rotatable bonds is 5. The maximum absolute atomic E-state index is 5.39. The van der Waals surface area contributed by atoms with Crippen LogP contribution in [-0.4, -0.2) is 21.7 Å². The number of hydrogen-bond acceptors (Lipinski definition) is 7. The van der Waals surface area contributed by atoms with E-state index in [9.17, 15) is 0 Å². The molecule has 1 atom stereocenters. The van der Waals surface area contributed by atoms with Gasteiger partial charge >= 0.3 is 6.01 Å². The molecule has 0 saturated heterocycles. The molecular formula is C10H15N5O2. The van der Waals surface area contributed by atoms with Crippen molar-refractivity contribution in [2.45, 2.75) is 26.3 Å². The predicted molar refractivity (Wildman–Crippen MR) is 60.3 cm³/mol. The summed E-state index contributed by atoms with van der Waals surface area (Å²) in [5.41, 5.74) is 5.39. The fraction of sp³-hybridized carbons (Fsp3) is 0.500. The van der Waals surface area contributed by atoms with E-state index >= 15 is 0 Å². The Balaban J connectivity index is 1.99. The van der Waals surface area contributed by atoms with E-state index in [4.69, 9.17) is 14.6 Å². The molecule has 7 nitrogen and oxygen atoms in total. The highest BCUT2D eigenvalue weighted by Crippen LogP contribution is 2.17. The molecule has 0 spiro atoms. The molecule has 0 fully saturated rings. The molecule has 1 unspecified atom stereocenters. The van der Waals surface area contributed by atoms with Crippen LogP contribution in [0.5, 0.6) is 0 Å². The number of anilines is 1. The van der Waals surface area contributed by atoms with Crippen LogP contribution >= 0.6 is 0 Å². The van der Waals surface area contributed by atoms with E-state index in [1.807, 2.05) is 13.8 Å². The van der Waals surface area contributed by atoms with E-state index in [0.717, 1.165) is 5.76 Å². The van der Waals surface area contributed by atoms with Gasteiger partial charge in [-0.1, -0.05) is 5.10 Å². The summed E-state index contributed by atoms with van der Waals surface area (Å²) >= 11 is 0. The standard InChI is InChI=1S/C10H15N5O2/c1-6-5-12-9(16-6)7(2)13-10-15-14-8(17-10)3-4-11/h5,7H,3-4,11H2,1-2H3,(H,13,15). The molecule has 0 bridgehead atoms. The van der Waals surface area contributed by atoms with E-state index in [1.54, 1.807) is 6.20 Å². The second-order valence-electron chi connectivity index (χ2n) is 3.71. The molecule has 0 aliphatic carbocycles. The molecule has 0 aromatic carbocycles. The molecule has 2 rings (SSSR count). The van der Waals surface area contributed by atoms with Crippen LogP contribution in [0.2, 0.25) is 0 Å². The van der Waals surface area contributed by atoms with Crippen LogP contribution in [0.1, 0.15) is 30.5 Å². The summed E-state index contributed by atoms with van der Waals surface area (Å²) in [6.07, 6.45) is 2.24. The fourth-order valence-electron chi connectivity index (χ4n) is 1.36. The Hall–Kier alpha value is -1.89. The molecule has 17 heavy (non-hydrogen) atoms. The highest BCUT2D eigenvalue weighted by molar-refractivity contribution is 5.21. The van der Waals surface area contributed by atoms with Gasteiger partial charge in [0.15, 0.2) is 0 Å². The Morgan fingerprint density at radius 3 is 2.88 bits per heavy atom. The van der Waals surface area contributed by atoms with Crippen molar-refractivity contribution in [3.8, 4) is 0 Å². The van der Waals surface area contributed by atoms with Crippen LogP contribution in [0.3, 0.4) is 0 Å². The normalized spacial score (nSPS) is 12.6. The van der Waals surface area contributed by atoms with Crippen molar-refractivity contribution in [3.63, 3.8) is 0 Å². The van der Waals surface area contributed by atoms with Crippen LogP contribution in [-0.2, 0) is 6.42 Å². The topological polar surface area (TPSA) is 103 Å². The van der Waals surface area contributed by atoms with Gasteiger partial charge < -0.3 is 19.9 Å². The summed E-state index contributed by atoms with van der Waals surface area (Å²) in [7, 11) is 0. The van der Waals surface area contributed by atoms with Crippen LogP contribution in [0, 0.1) is 6.92 Å². The Bertz CT molecular complexity index is 479. The maximum Gasteiger partial charge on any atom is 0.316 e. The quantitative estimate of drug-likeness (QED) is 0.800. The smallest absolute Gasteiger partial charge is 0.316 e. The minimum Gasteiger partial charge on any atom is -0.444 e. The van der Waals surface area contributed by atoms with Gasteiger partial charge in [0.05, 0.1) is 6.20 Å². The maximum atomic E-state index is 5.39. The Morgan fingerprint density at radius 2 is 2.24 bits per heavy atom. The number of aryl methyl sites for hydroxylation is 1. The van der Waals surface area contributed by atoms with Crippen molar-refractivity contribution < 1.29 is 8.83 Å². The zero-order valence-corrected chi connectivity index (χ0v) is 9.80. The Kier molecular flexibility index (Phi) is 3.38. The van der Waals surface area contributed by atoms with Gasteiger partial charge in [-0.3, -0.25) is 0 Å². The fourth-order valence-corrected chi connectivity index (χ4v) is 1.36. The number of oxazole rings is 1. The second kappa shape index (κ2) is 4.96. The minimum atomic E-state index is -0.130. The lowest BCUT2D eigenvalue weighted by atomic mass is 10.3. The van der Waals surface area contributed by atoms with Gasteiger partial charge in [-0.15, -0.1) is 5.10 Å². The van der Waals surface area contributed by atoms with Gasteiger partial charge in [0, 0.05) is 13.0 Å². The molecule has 0 saturated carbocycles. The van der Waals surface area contributed by atoms with Gasteiger partial charge in [-0.2, -0.15) is 0 Å². The molecule has 0 amide bonds. The molecule has 3 N–H and O–H groups in total. The summed E-state index contributed by atoms with van der Waals surface area (Å²) in [6.45, 7) is 4.23. The first kappa shape index (κ1) is 11.6. The first-order valence-corrected chi connectivity index (χ1v) is 5.40. The molecular weight excluding hydrogens is 222 g/mol. The molecule has 92 valence electrons. The van der Waals surface area contributed by atoms with Crippen molar-refractivity contribution in [2.75, 3.05) is 11.9 Å². The Labute approximate surface area is 98.4 Å². The van der Waals surface area contributed by atoms with E-state index in [2.05, 4.69) is 20.5 Å². The van der Waals surface area contributed by atoms with Crippen molar-refractivity contribution in [2.24, 2.45) is 5.73 Å². The summed E-state index contributed by atoms with van der Waals surface area (Å²) in [6, 6.07) is 0.215. The van der Waals surface area contributed by atoms with Crippen LogP contribution in [0.25, 0.3) is 0 Å². The summed E-state index contributed by atoms with van der Waals surface area (Å²) in [5.74, 6) is 1.87. The van der Waals surface area contributed by atoms with Crippen molar-refractivity contribution >= 4 is 6.01 Å². The van der Waals surface area contributed by atoms with Crippen molar-refractivity contribution in [1.82, 2.24) is 15.2 Å². The highest BCUT2D eigenvalue weighted by atomic mass is 16.4. The first-order valence-electron chi connectivity index (χ1n) is 5.40. The van der Waals surface area contributed by atoms with Crippen molar-refractivity contribution in [3.05, 3.63) is 23.7 Å². The molecule has 2 aromatic heterocycles. The third kappa shape index (κ3) is 2.82. The van der Waals surface area contributed by atoms with Crippen molar-refractivity contribution in [1.29, 1.82) is 0 Å². The monoisotopic (exact) mass is 237 g/mol. The van der Waals surface area contributed by atoms with Gasteiger partial charge in [0.1, 0.15) is 11.8 Å². The molecule has 0 aliphatic rings. The van der Waals surface area contributed by atoms with Gasteiger partial charge in [0.2, 0.25) is 11.8 Å². The number of nitrogens with one attached hydrogen (secondary N) is 1. The SMILES string of the molecule is Cc1cnc(C(C)Nc2nnc(CCN)o2)o1. The molecule has 0 aliphatic heterocycles. The third-order valence-electron chi connectivity index (χ3n) is 2.17. The average Bonchev–Trinajstić information content (AvgIpc) is 2.88. The van der Waals surface area contributed by atoms with Crippen LogP contribution in [0.4, 0.5) is 6.01 Å². The van der Waals surface area contributed by atoms with Gasteiger partial charge in [0.25, 0.3) is 0 Å². The lowest BCUT2D eigenvalue weighted by Crippen LogP contribution is -2.07. The third-order valence-corrected chi connectivity index (χ3v) is 2.17. The number of nitrogens with two attached hydrogens (primary N) is 1.